The minimum atomic E-state index is -0.177. The van der Waals surface area contributed by atoms with Crippen LogP contribution in [-0.4, -0.2) is 48.5 Å². The largest absolute Gasteiger partial charge is 0.391 e. The second-order valence-corrected chi connectivity index (χ2v) is 6.86. The van der Waals surface area contributed by atoms with Crippen LogP contribution in [0.15, 0.2) is 0 Å². The zero-order valence-corrected chi connectivity index (χ0v) is 14.5. The molecule has 0 spiro atoms. The van der Waals surface area contributed by atoms with Gasteiger partial charge in [-0.3, -0.25) is 4.90 Å². The quantitative estimate of drug-likeness (QED) is 0.833. The molecule has 0 amide bonds. The van der Waals surface area contributed by atoms with Crippen molar-refractivity contribution in [3.05, 3.63) is 0 Å². The smallest absolute Gasteiger partial charge is 0.0695 e. The van der Waals surface area contributed by atoms with Gasteiger partial charge in [-0.1, -0.05) is 51.4 Å². The van der Waals surface area contributed by atoms with Gasteiger partial charge < -0.3 is 9.84 Å². The van der Waals surface area contributed by atoms with E-state index in [4.69, 9.17) is 4.74 Å². The van der Waals surface area contributed by atoms with Crippen LogP contribution in [0.5, 0.6) is 0 Å². The van der Waals surface area contributed by atoms with Crippen molar-refractivity contribution in [2.45, 2.75) is 96.2 Å². The molecule has 0 saturated heterocycles. The first-order valence-corrected chi connectivity index (χ1v) is 9.09. The second kappa shape index (κ2) is 11.4. The highest BCUT2D eigenvalue weighted by Gasteiger charge is 2.27. The molecule has 0 aromatic rings. The third-order valence-electron chi connectivity index (χ3n) is 4.84. The molecule has 0 aliphatic heterocycles. The third kappa shape index (κ3) is 7.62. The van der Waals surface area contributed by atoms with E-state index in [-0.39, 0.29) is 6.10 Å². The van der Waals surface area contributed by atoms with E-state index in [1.165, 1.54) is 51.4 Å². The maximum absolute atomic E-state index is 10.7. The average Bonchev–Trinajstić information content (AvgIpc) is 2.45. The lowest BCUT2D eigenvalue weighted by molar-refractivity contribution is 0.00656. The molecule has 2 atom stereocenters. The fraction of sp³-hybridized carbons (Fsp3) is 1.00. The van der Waals surface area contributed by atoms with Crippen molar-refractivity contribution >= 4 is 0 Å². The normalized spacial score (nSPS) is 26.6. The Bertz CT molecular complexity index is 245. The average molecular weight is 299 g/mol. The SMILES string of the molecule is COCCN(C(C)C)C1CCCCCCCCCCC1O. The van der Waals surface area contributed by atoms with Crippen LogP contribution in [-0.2, 0) is 4.74 Å². The molecule has 1 saturated carbocycles. The lowest BCUT2D eigenvalue weighted by atomic mass is 9.94. The molecule has 3 heteroatoms. The van der Waals surface area contributed by atoms with Crippen molar-refractivity contribution in [1.29, 1.82) is 0 Å². The monoisotopic (exact) mass is 299 g/mol. The fourth-order valence-corrected chi connectivity index (χ4v) is 3.54. The van der Waals surface area contributed by atoms with Gasteiger partial charge in [0.15, 0.2) is 0 Å². The molecule has 0 aromatic heterocycles. The molecule has 126 valence electrons. The highest BCUT2D eigenvalue weighted by molar-refractivity contribution is 4.82. The van der Waals surface area contributed by atoms with Crippen LogP contribution in [0.25, 0.3) is 0 Å². The molecule has 0 aromatic carbocycles. The number of aliphatic hydroxyl groups is 1. The summed E-state index contributed by atoms with van der Waals surface area (Å²) >= 11 is 0. The van der Waals surface area contributed by atoms with Gasteiger partial charge in [-0.05, 0) is 26.7 Å². The van der Waals surface area contributed by atoms with E-state index in [1.807, 2.05) is 0 Å². The fourth-order valence-electron chi connectivity index (χ4n) is 3.54. The predicted octanol–water partition coefficient (Wildman–Crippen LogP) is 3.99. The zero-order valence-electron chi connectivity index (χ0n) is 14.5. The zero-order chi connectivity index (χ0) is 15.5. The van der Waals surface area contributed by atoms with E-state index < -0.39 is 0 Å². The lowest BCUT2D eigenvalue weighted by Gasteiger charge is -2.38. The van der Waals surface area contributed by atoms with Crippen LogP contribution >= 0.6 is 0 Å². The van der Waals surface area contributed by atoms with Crippen LogP contribution < -0.4 is 0 Å². The number of aliphatic hydroxyl groups excluding tert-OH is 1. The van der Waals surface area contributed by atoms with Crippen LogP contribution in [0.1, 0.15) is 78.1 Å². The highest BCUT2D eigenvalue weighted by Crippen LogP contribution is 2.22. The molecule has 21 heavy (non-hydrogen) atoms. The summed E-state index contributed by atoms with van der Waals surface area (Å²) in [7, 11) is 1.76. The van der Waals surface area contributed by atoms with Crippen LogP contribution in [0.4, 0.5) is 0 Å². The van der Waals surface area contributed by atoms with Gasteiger partial charge >= 0.3 is 0 Å². The summed E-state index contributed by atoms with van der Waals surface area (Å²) in [5.74, 6) is 0. The van der Waals surface area contributed by atoms with E-state index >= 15 is 0 Å². The van der Waals surface area contributed by atoms with Crippen molar-refractivity contribution < 1.29 is 9.84 Å². The van der Waals surface area contributed by atoms with Gasteiger partial charge in [0, 0.05) is 25.7 Å². The van der Waals surface area contributed by atoms with E-state index in [0.29, 0.717) is 12.1 Å². The standard InChI is InChI=1S/C18H37NO2/c1-16(2)19(14-15-21-3)17-12-10-8-6-4-5-7-9-11-13-18(17)20/h16-18,20H,4-15H2,1-3H3. The maximum Gasteiger partial charge on any atom is 0.0695 e. The summed E-state index contributed by atoms with van der Waals surface area (Å²) in [5, 5.41) is 10.7. The van der Waals surface area contributed by atoms with E-state index in [1.54, 1.807) is 7.11 Å². The maximum atomic E-state index is 10.7. The molecule has 0 bridgehead atoms. The molecule has 1 aliphatic carbocycles. The molecular formula is C18H37NO2. The number of hydrogen-bond donors (Lipinski definition) is 1. The Balaban J connectivity index is 2.63. The summed E-state index contributed by atoms with van der Waals surface area (Å²) in [6.45, 7) is 6.15. The number of ether oxygens (including phenoxy) is 1. The van der Waals surface area contributed by atoms with Crippen LogP contribution in [0, 0.1) is 0 Å². The summed E-state index contributed by atoms with van der Waals surface area (Å²) in [6, 6.07) is 0.771. The van der Waals surface area contributed by atoms with Gasteiger partial charge in [-0.2, -0.15) is 0 Å². The van der Waals surface area contributed by atoms with Gasteiger partial charge in [0.05, 0.1) is 12.7 Å². The van der Waals surface area contributed by atoms with Gasteiger partial charge in [0.1, 0.15) is 0 Å². The number of methoxy groups -OCH3 is 1. The van der Waals surface area contributed by atoms with Crippen molar-refractivity contribution in [3.63, 3.8) is 0 Å². The summed E-state index contributed by atoms with van der Waals surface area (Å²) in [6.07, 6.45) is 12.4. The highest BCUT2D eigenvalue weighted by atomic mass is 16.5. The predicted molar refractivity (Wildman–Crippen MR) is 89.7 cm³/mol. The number of hydrogen-bond acceptors (Lipinski definition) is 3. The third-order valence-corrected chi connectivity index (χ3v) is 4.84. The molecule has 1 aliphatic rings. The summed E-state index contributed by atoms with van der Waals surface area (Å²) in [5.41, 5.74) is 0. The van der Waals surface area contributed by atoms with E-state index in [0.717, 1.165) is 26.0 Å². The van der Waals surface area contributed by atoms with Gasteiger partial charge in [0.2, 0.25) is 0 Å². The van der Waals surface area contributed by atoms with E-state index in [9.17, 15) is 5.11 Å². The Morgan fingerprint density at radius 1 is 0.952 bits per heavy atom. The topological polar surface area (TPSA) is 32.7 Å². The van der Waals surface area contributed by atoms with Gasteiger partial charge in [0.25, 0.3) is 0 Å². The molecule has 0 radical (unpaired) electrons. The van der Waals surface area contributed by atoms with Gasteiger partial charge in [-0.25, -0.2) is 0 Å². The number of nitrogens with zero attached hydrogens (tertiary/aromatic N) is 1. The molecule has 1 N–H and O–H groups in total. The first-order chi connectivity index (χ1) is 10.2. The lowest BCUT2D eigenvalue weighted by Crippen LogP contribution is -2.48. The number of rotatable bonds is 5. The minimum Gasteiger partial charge on any atom is -0.391 e. The second-order valence-electron chi connectivity index (χ2n) is 6.86. The Morgan fingerprint density at radius 3 is 2.00 bits per heavy atom. The Morgan fingerprint density at radius 2 is 1.48 bits per heavy atom. The molecule has 0 heterocycles. The first-order valence-electron chi connectivity index (χ1n) is 9.09. The Labute approximate surface area is 132 Å². The molecule has 1 fully saturated rings. The Hall–Kier alpha value is -0.120. The summed E-state index contributed by atoms with van der Waals surface area (Å²) < 4.78 is 5.26. The molecule has 3 nitrogen and oxygen atoms in total. The van der Waals surface area contributed by atoms with Crippen molar-refractivity contribution in [2.75, 3.05) is 20.3 Å². The molecule has 2 unspecified atom stereocenters. The summed E-state index contributed by atoms with van der Waals surface area (Å²) in [4.78, 5) is 2.46. The molecule has 1 rings (SSSR count). The first kappa shape index (κ1) is 18.9. The van der Waals surface area contributed by atoms with Crippen LogP contribution in [0.2, 0.25) is 0 Å². The van der Waals surface area contributed by atoms with E-state index in [2.05, 4.69) is 18.7 Å². The van der Waals surface area contributed by atoms with Crippen molar-refractivity contribution in [1.82, 2.24) is 4.90 Å². The Kier molecular flexibility index (Phi) is 10.3. The molecular weight excluding hydrogens is 262 g/mol. The van der Waals surface area contributed by atoms with Crippen LogP contribution in [0.3, 0.4) is 0 Å². The van der Waals surface area contributed by atoms with Crippen molar-refractivity contribution in [3.8, 4) is 0 Å². The van der Waals surface area contributed by atoms with Crippen molar-refractivity contribution in [2.24, 2.45) is 0 Å². The minimum absolute atomic E-state index is 0.177. The van der Waals surface area contributed by atoms with Gasteiger partial charge in [-0.15, -0.1) is 0 Å².